The van der Waals surface area contributed by atoms with Crippen LogP contribution >= 0.6 is 0 Å². The summed E-state index contributed by atoms with van der Waals surface area (Å²) in [6, 6.07) is 1.14. The summed E-state index contributed by atoms with van der Waals surface area (Å²) in [6.45, 7) is 4.47. The van der Waals surface area contributed by atoms with Crippen LogP contribution in [-0.2, 0) is 19.1 Å². The van der Waals surface area contributed by atoms with E-state index in [0.717, 1.165) is 6.07 Å². The van der Waals surface area contributed by atoms with Crippen LogP contribution in [0.5, 0.6) is 17.2 Å². The van der Waals surface area contributed by atoms with Gasteiger partial charge in [0.25, 0.3) is 0 Å². The maximum Gasteiger partial charge on any atom is 0.343 e. The molecule has 0 aromatic heterocycles. The number of benzene rings is 1. The topological polar surface area (TPSA) is 119 Å². The fraction of sp³-hybridized carbons (Fsp3) is 0.227. The predicted octanol–water partition coefficient (Wildman–Crippen LogP) is 2.78. The first-order valence-corrected chi connectivity index (χ1v) is 8.99. The van der Waals surface area contributed by atoms with Gasteiger partial charge in [-0.15, -0.1) is 0 Å². The first-order chi connectivity index (χ1) is 14.1. The van der Waals surface area contributed by atoms with E-state index in [0.29, 0.717) is 11.3 Å². The average molecular weight is 412 g/mol. The molecule has 0 spiro atoms. The number of methoxy groups -OCH3 is 1. The van der Waals surface area contributed by atoms with Crippen molar-refractivity contribution in [1.82, 2.24) is 0 Å². The van der Waals surface area contributed by atoms with Crippen molar-refractivity contribution in [3.8, 4) is 17.2 Å². The van der Waals surface area contributed by atoms with Gasteiger partial charge in [-0.2, -0.15) is 0 Å². The Kier molecular flexibility index (Phi) is 5.26. The minimum atomic E-state index is -2.13. The Labute approximate surface area is 172 Å². The fourth-order valence-electron chi connectivity index (χ4n) is 3.21. The molecule has 2 aliphatic rings. The molecule has 0 saturated carbocycles. The summed E-state index contributed by atoms with van der Waals surface area (Å²) in [6.07, 6.45) is 7.37. The van der Waals surface area contributed by atoms with Crippen LogP contribution in [0.4, 0.5) is 0 Å². The van der Waals surface area contributed by atoms with Gasteiger partial charge in [0.2, 0.25) is 22.9 Å². The number of hydrogen-bond acceptors (Lipinski definition) is 8. The molecule has 30 heavy (non-hydrogen) atoms. The summed E-state index contributed by atoms with van der Waals surface area (Å²) in [5, 5.41) is 19.7. The lowest BCUT2D eigenvalue weighted by Crippen LogP contribution is -2.50. The Morgan fingerprint density at radius 1 is 1.23 bits per heavy atom. The second-order valence-corrected chi connectivity index (χ2v) is 6.88. The number of Topliss-reactive ketones (excluding diaryl/α,β-unsaturated/α-hetero) is 1. The summed E-state index contributed by atoms with van der Waals surface area (Å²) in [5.74, 6) is -3.55. The van der Waals surface area contributed by atoms with Gasteiger partial charge in [-0.05, 0) is 56.2 Å². The molecular formula is C22H20O8. The number of carbonyl (C=O) groups excluding carboxylic acids is 3. The molecule has 1 atom stereocenters. The average Bonchev–Trinajstić information content (AvgIpc) is 2.69. The minimum Gasteiger partial charge on any atom is -0.504 e. The van der Waals surface area contributed by atoms with Gasteiger partial charge in [0.1, 0.15) is 17.6 Å². The monoisotopic (exact) mass is 412 g/mol. The normalized spacial score (nSPS) is 20.7. The van der Waals surface area contributed by atoms with Gasteiger partial charge >= 0.3 is 5.97 Å². The van der Waals surface area contributed by atoms with E-state index in [1.165, 1.54) is 39.4 Å². The fourth-order valence-corrected chi connectivity index (χ4v) is 3.21. The zero-order chi connectivity index (χ0) is 22.2. The van der Waals surface area contributed by atoms with Crippen LogP contribution in [0.25, 0.3) is 0 Å². The molecule has 1 aliphatic carbocycles. The van der Waals surface area contributed by atoms with Crippen molar-refractivity contribution >= 4 is 17.5 Å². The van der Waals surface area contributed by atoms with Crippen LogP contribution in [0.1, 0.15) is 29.8 Å². The van der Waals surface area contributed by atoms with Gasteiger partial charge in [0.15, 0.2) is 11.5 Å². The Bertz CT molecular complexity index is 1090. The van der Waals surface area contributed by atoms with Crippen LogP contribution in [0, 0.1) is 6.92 Å². The zero-order valence-electron chi connectivity index (χ0n) is 16.8. The number of rotatable bonds is 4. The summed E-state index contributed by atoms with van der Waals surface area (Å²) in [5.41, 5.74) is -1.67. The number of carbonyl (C=O) groups is 3. The van der Waals surface area contributed by atoms with E-state index in [2.05, 4.69) is 0 Å². The van der Waals surface area contributed by atoms with Gasteiger partial charge < -0.3 is 24.4 Å². The molecule has 1 aromatic rings. The first-order valence-electron chi connectivity index (χ1n) is 8.99. The number of ether oxygens (including phenoxy) is 3. The highest BCUT2D eigenvalue weighted by molar-refractivity contribution is 6.26. The first kappa shape index (κ1) is 20.9. The van der Waals surface area contributed by atoms with Gasteiger partial charge in [-0.25, -0.2) is 4.79 Å². The van der Waals surface area contributed by atoms with Crippen molar-refractivity contribution in [2.24, 2.45) is 0 Å². The van der Waals surface area contributed by atoms with E-state index < -0.39 is 34.6 Å². The van der Waals surface area contributed by atoms with Gasteiger partial charge in [-0.3, -0.25) is 9.59 Å². The number of ketones is 2. The maximum absolute atomic E-state index is 13.0. The van der Waals surface area contributed by atoms with Crippen LogP contribution in [0.15, 0.2) is 53.5 Å². The molecule has 0 unspecified atom stereocenters. The minimum absolute atomic E-state index is 0.0930. The molecule has 3 rings (SSSR count). The molecule has 0 amide bonds. The van der Waals surface area contributed by atoms with E-state index in [9.17, 15) is 24.6 Å². The van der Waals surface area contributed by atoms with E-state index >= 15 is 0 Å². The highest BCUT2D eigenvalue weighted by Gasteiger charge is 2.50. The molecule has 8 heteroatoms. The lowest BCUT2D eigenvalue weighted by atomic mass is 9.80. The Morgan fingerprint density at radius 2 is 1.93 bits per heavy atom. The third kappa shape index (κ3) is 3.26. The standard InChI is InChI=1S/C22H20O8/c1-5-6-13-8-12-9-16(24)22(3,20(26)14(12)10-29-13)30-21(27)17-11(2)7-15(23)18(25)19(17)28-4/h5-10,23,25H,1-4H3/b6-5+/t22-/m0/s1. The SMILES string of the molecule is C/C=C/C1=CC2=CC(=O)[C@](C)(OC(=O)c3c(C)cc(O)c(O)c3OC)C(=O)C2=CO1. The molecule has 0 saturated heterocycles. The van der Waals surface area contributed by atoms with Crippen molar-refractivity contribution in [3.63, 3.8) is 0 Å². The Balaban J connectivity index is 2.00. The number of aromatic hydroxyl groups is 2. The number of fused-ring (bicyclic) bond motifs is 1. The van der Waals surface area contributed by atoms with Crippen molar-refractivity contribution in [2.45, 2.75) is 26.4 Å². The molecule has 1 aliphatic heterocycles. The Morgan fingerprint density at radius 3 is 2.57 bits per heavy atom. The highest BCUT2D eigenvalue weighted by Crippen LogP contribution is 2.41. The quantitative estimate of drug-likeness (QED) is 0.440. The second-order valence-electron chi connectivity index (χ2n) is 6.88. The van der Waals surface area contributed by atoms with Crippen molar-refractivity contribution in [3.05, 3.63) is 64.7 Å². The van der Waals surface area contributed by atoms with Crippen LogP contribution in [-0.4, -0.2) is 40.5 Å². The molecule has 8 nitrogen and oxygen atoms in total. The summed E-state index contributed by atoms with van der Waals surface area (Å²) in [7, 11) is 1.19. The maximum atomic E-state index is 13.0. The summed E-state index contributed by atoms with van der Waals surface area (Å²) in [4.78, 5) is 38.7. The molecular weight excluding hydrogens is 392 g/mol. The second kappa shape index (κ2) is 7.55. The van der Waals surface area contributed by atoms with Gasteiger partial charge in [0.05, 0.1) is 12.7 Å². The molecule has 1 aromatic carbocycles. The predicted molar refractivity (Wildman–Crippen MR) is 105 cm³/mol. The van der Waals surface area contributed by atoms with Crippen molar-refractivity contribution < 1.29 is 38.8 Å². The molecule has 0 radical (unpaired) electrons. The summed E-state index contributed by atoms with van der Waals surface area (Å²) < 4.78 is 15.7. The van der Waals surface area contributed by atoms with Gasteiger partial charge in [-0.1, -0.05) is 6.08 Å². The van der Waals surface area contributed by atoms with E-state index in [-0.39, 0.29) is 22.4 Å². The third-order valence-electron chi connectivity index (χ3n) is 4.82. The van der Waals surface area contributed by atoms with Crippen molar-refractivity contribution in [1.29, 1.82) is 0 Å². The number of allylic oxidation sites excluding steroid dienone is 4. The van der Waals surface area contributed by atoms with E-state index in [1.54, 1.807) is 19.1 Å². The third-order valence-corrected chi connectivity index (χ3v) is 4.82. The van der Waals surface area contributed by atoms with Gasteiger partial charge in [0, 0.05) is 0 Å². The number of aryl methyl sites for hydroxylation is 1. The molecule has 156 valence electrons. The number of hydrogen-bond donors (Lipinski definition) is 2. The number of esters is 1. The lowest BCUT2D eigenvalue weighted by Gasteiger charge is -2.31. The molecule has 2 N–H and O–H groups in total. The highest BCUT2D eigenvalue weighted by atomic mass is 16.6. The molecule has 0 fully saturated rings. The summed E-state index contributed by atoms with van der Waals surface area (Å²) >= 11 is 0. The van der Waals surface area contributed by atoms with E-state index in [1.807, 2.05) is 0 Å². The molecule has 0 bridgehead atoms. The zero-order valence-corrected chi connectivity index (χ0v) is 16.8. The number of phenolic OH excluding ortho intramolecular Hbond substituents is 2. The largest absolute Gasteiger partial charge is 0.504 e. The smallest absolute Gasteiger partial charge is 0.343 e. The van der Waals surface area contributed by atoms with Crippen LogP contribution < -0.4 is 4.74 Å². The molecule has 1 heterocycles. The Hall–Kier alpha value is -3.81. The van der Waals surface area contributed by atoms with Crippen molar-refractivity contribution in [2.75, 3.05) is 7.11 Å². The van der Waals surface area contributed by atoms with Crippen LogP contribution in [0.2, 0.25) is 0 Å². The van der Waals surface area contributed by atoms with Crippen LogP contribution in [0.3, 0.4) is 0 Å². The van der Waals surface area contributed by atoms with E-state index in [4.69, 9.17) is 14.2 Å². The number of phenols is 2. The lowest BCUT2D eigenvalue weighted by molar-refractivity contribution is -0.145.